The highest BCUT2D eigenvalue weighted by Gasteiger charge is 2.52. The summed E-state index contributed by atoms with van der Waals surface area (Å²) in [7, 11) is 3.68. The molecule has 266 valence electrons. The maximum Gasteiger partial charge on any atom is 0.219 e. The average Bonchev–Trinajstić information content (AvgIpc) is 3.09. The lowest BCUT2D eigenvalue weighted by Crippen LogP contribution is -2.72. The molecule has 4 aromatic rings. The predicted octanol–water partition coefficient (Wildman–Crippen LogP) is 4.99. The number of carbonyl (C=O) groups is 2. The van der Waals surface area contributed by atoms with Crippen LogP contribution in [-0.2, 0) is 22.7 Å². The van der Waals surface area contributed by atoms with Gasteiger partial charge >= 0.3 is 0 Å². The second-order valence-electron chi connectivity index (χ2n) is 13.7. The van der Waals surface area contributed by atoms with E-state index in [1.165, 1.54) is 0 Å². The van der Waals surface area contributed by atoms with Crippen LogP contribution in [0.2, 0.25) is 10.0 Å². The maximum absolute atomic E-state index is 11.7. The fraction of sp³-hybridized carbons (Fsp3) is 0.405. The number of amides is 2. The summed E-state index contributed by atoms with van der Waals surface area (Å²) in [4.78, 5) is 51.2. The van der Waals surface area contributed by atoms with Crippen molar-refractivity contribution in [2.45, 2.75) is 26.9 Å². The Morgan fingerprint density at radius 2 is 1.12 bits per heavy atom. The van der Waals surface area contributed by atoms with E-state index in [-0.39, 0.29) is 17.2 Å². The summed E-state index contributed by atoms with van der Waals surface area (Å²) in [6.45, 7) is 11.1. The van der Waals surface area contributed by atoms with Crippen LogP contribution in [0.3, 0.4) is 0 Å². The Morgan fingerprint density at radius 1 is 0.667 bits per heavy atom. The van der Waals surface area contributed by atoms with E-state index in [0.717, 1.165) is 72.9 Å². The Morgan fingerprint density at radius 3 is 1.57 bits per heavy atom. The van der Waals surface area contributed by atoms with Crippen molar-refractivity contribution in [1.29, 1.82) is 0 Å². The van der Waals surface area contributed by atoms with Gasteiger partial charge in [0.1, 0.15) is 11.6 Å². The predicted molar refractivity (Wildman–Crippen MR) is 201 cm³/mol. The molecule has 51 heavy (non-hydrogen) atoms. The molecule has 3 aliphatic heterocycles. The molecule has 14 heteroatoms. The first-order valence-electron chi connectivity index (χ1n) is 17.2. The van der Waals surface area contributed by atoms with Crippen molar-refractivity contribution >= 4 is 46.7 Å². The van der Waals surface area contributed by atoms with Gasteiger partial charge in [0.25, 0.3) is 0 Å². The second-order valence-corrected chi connectivity index (χ2v) is 14.5. The minimum atomic E-state index is 0.109. The van der Waals surface area contributed by atoms with E-state index >= 15 is 0 Å². The molecule has 0 bridgehead atoms. The standard InChI is InChI=1S/C37H42Cl2N10O2/c1-23(50)48-13-11-46(12-14-48)17-31-35(40-3)44-29(15-42-31)27-9-5-7-25(33(27)38)26-8-6-10-28(34(26)39)30-16-43-32(36(41-4)45-30)18-47-19-37(20-47)21-49(22-37)24(2)51/h5-10,15-16H,11-14,17-22H2,1-4H3,(H,40,44)(H,41,45). The molecule has 2 N–H and O–H groups in total. The first-order valence-corrected chi connectivity index (χ1v) is 17.9. The first-order chi connectivity index (χ1) is 24.6. The quantitative estimate of drug-likeness (QED) is 0.244. The monoisotopic (exact) mass is 728 g/mol. The molecule has 7 rings (SSSR count). The number of aromatic nitrogens is 4. The fourth-order valence-electron chi connectivity index (χ4n) is 7.44. The lowest BCUT2D eigenvalue weighted by molar-refractivity contribution is -0.157. The first kappa shape index (κ1) is 35.1. The number of hydrogen-bond donors (Lipinski definition) is 2. The molecule has 3 fully saturated rings. The summed E-state index contributed by atoms with van der Waals surface area (Å²) < 4.78 is 0. The van der Waals surface area contributed by atoms with Gasteiger partial charge in [0.05, 0.1) is 45.2 Å². The van der Waals surface area contributed by atoms with Gasteiger partial charge in [0, 0.05) is 121 Å². The van der Waals surface area contributed by atoms with Crippen LogP contribution in [0.5, 0.6) is 0 Å². The molecule has 3 aliphatic rings. The summed E-state index contributed by atoms with van der Waals surface area (Å²) in [6, 6.07) is 11.7. The van der Waals surface area contributed by atoms with Crippen LogP contribution < -0.4 is 10.6 Å². The van der Waals surface area contributed by atoms with Crippen molar-refractivity contribution < 1.29 is 9.59 Å². The lowest BCUT2D eigenvalue weighted by Gasteiger charge is -2.60. The number of halogens is 2. The van der Waals surface area contributed by atoms with Gasteiger partial charge in [-0.15, -0.1) is 0 Å². The third-order valence-electron chi connectivity index (χ3n) is 10.2. The van der Waals surface area contributed by atoms with Gasteiger partial charge in [-0.25, -0.2) is 9.97 Å². The van der Waals surface area contributed by atoms with Crippen molar-refractivity contribution in [1.82, 2.24) is 39.5 Å². The minimum Gasteiger partial charge on any atom is -0.372 e. The van der Waals surface area contributed by atoms with Crippen LogP contribution in [0, 0.1) is 5.41 Å². The lowest BCUT2D eigenvalue weighted by atomic mass is 9.73. The number of rotatable bonds is 9. The molecule has 0 saturated carbocycles. The van der Waals surface area contributed by atoms with Crippen LogP contribution >= 0.6 is 23.2 Å². The van der Waals surface area contributed by atoms with Crippen LogP contribution in [0.25, 0.3) is 33.6 Å². The fourth-order valence-corrected chi connectivity index (χ4v) is 8.09. The van der Waals surface area contributed by atoms with Crippen molar-refractivity contribution in [2.75, 3.05) is 77.1 Å². The van der Waals surface area contributed by atoms with Gasteiger partial charge in [-0.05, 0) is 0 Å². The number of nitrogens with zero attached hydrogens (tertiary/aromatic N) is 8. The zero-order chi connectivity index (χ0) is 35.9. The summed E-state index contributed by atoms with van der Waals surface area (Å²) >= 11 is 14.3. The number of nitrogens with one attached hydrogen (secondary N) is 2. The van der Waals surface area contributed by atoms with Gasteiger partial charge in [-0.3, -0.25) is 29.4 Å². The molecular formula is C37H42Cl2N10O2. The van der Waals surface area contributed by atoms with E-state index in [1.807, 2.05) is 60.3 Å². The Bertz CT molecular complexity index is 1970. The van der Waals surface area contributed by atoms with Crippen molar-refractivity contribution in [3.8, 4) is 33.6 Å². The molecule has 2 aromatic carbocycles. The number of likely N-dealkylation sites (tertiary alicyclic amines) is 2. The van der Waals surface area contributed by atoms with Crippen molar-refractivity contribution in [3.05, 3.63) is 70.2 Å². The Kier molecular flexibility index (Phi) is 9.86. The van der Waals surface area contributed by atoms with E-state index < -0.39 is 0 Å². The van der Waals surface area contributed by atoms with Gasteiger partial charge < -0.3 is 20.4 Å². The number of hydrogen-bond acceptors (Lipinski definition) is 10. The van der Waals surface area contributed by atoms with Crippen LogP contribution in [0.4, 0.5) is 11.6 Å². The van der Waals surface area contributed by atoms with Crippen LogP contribution in [0.15, 0.2) is 48.8 Å². The molecule has 0 radical (unpaired) electrons. The molecule has 3 saturated heterocycles. The van der Waals surface area contributed by atoms with E-state index in [2.05, 4.69) is 20.4 Å². The molecule has 12 nitrogen and oxygen atoms in total. The van der Waals surface area contributed by atoms with E-state index in [4.69, 9.17) is 43.1 Å². The summed E-state index contributed by atoms with van der Waals surface area (Å²) in [5.74, 6) is 1.64. The molecule has 0 aliphatic carbocycles. The zero-order valence-corrected chi connectivity index (χ0v) is 30.9. The third-order valence-corrected chi connectivity index (χ3v) is 11.0. The number of carbonyl (C=O) groups excluding carboxylic acids is 2. The largest absolute Gasteiger partial charge is 0.372 e. The molecule has 0 unspecified atom stereocenters. The molecule has 2 amide bonds. The SMILES string of the molecule is CNc1nc(-c2cccc(-c3cccc(-c4cnc(CN5CC6(C5)CN(C(C)=O)C6)c(NC)n4)c3Cl)c2Cl)cnc1CN1CCN(C(C)=O)CC1. The molecule has 0 atom stereocenters. The zero-order valence-electron chi connectivity index (χ0n) is 29.3. The molecule has 1 spiro atoms. The molecular weight excluding hydrogens is 687 g/mol. The van der Waals surface area contributed by atoms with Gasteiger partial charge in [-0.2, -0.15) is 0 Å². The Labute approximate surface area is 308 Å². The number of anilines is 2. The van der Waals surface area contributed by atoms with Crippen LogP contribution in [0.1, 0.15) is 25.2 Å². The highest BCUT2D eigenvalue weighted by Crippen LogP contribution is 2.43. The summed E-state index contributed by atoms with van der Waals surface area (Å²) in [5, 5.41) is 7.46. The molecule has 2 aromatic heterocycles. The summed E-state index contributed by atoms with van der Waals surface area (Å²) in [6.07, 6.45) is 3.53. The summed E-state index contributed by atoms with van der Waals surface area (Å²) in [5.41, 5.74) is 6.26. The van der Waals surface area contributed by atoms with E-state index in [0.29, 0.717) is 59.2 Å². The van der Waals surface area contributed by atoms with Gasteiger partial charge in [0.15, 0.2) is 0 Å². The highest BCUT2D eigenvalue weighted by molar-refractivity contribution is 6.39. The van der Waals surface area contributed by atoms with Gasteiger partial charge in [0.2, 0.25) is 11.8 Å². The van der Waals surface area contributed by atoms with Crippen LogP contribution in [-0.4, -0.2) is 118 Å². The van der Waals surface area contributed by atoms with Crippen molar-refractivity contribution in [3.63, 3.8) is 0 Å². The second kappa shape index (κ2) is 14.3. The average molecular weight is 730 g/mol. The topological polar surface area (TPSA) is 123 Å². The smallest absolute Gasteiger partial charge is 0.219 e. The number of piperazine rings is 1. The number of benzene rings is 2. The van der Waals surface area contributed by atoms with E-state index in [9.17, 15) is 9.59 Å². The minimum absolute atomic E-state index is 0.109. The Balaban J connectivity index is 1.09. The normalized spacial score (nSPS) is 17.2. The Hall–Kier alpha value is -4.36. The third kappa shape index (κ3) is 6.97. The van der Waals surface area contributed by atoms with Crippen molar-refractivity contribution in [2.24, 2.45) is 5.41 Å². The van der Waals surface area contributed by atoms with E-state index in [1.54, 1.807) is 26.2 Å². The maximum atomic E-state index is 11.7. The van der Waals surface area contributed by atoms with Gasteiger partial charge in [-0.1, -0.05) is 59.6 Å². The highest BCUT2D eigenvalue weighted by atomic mass is 35.5. The molecule has 5 heterocycles.